The fraction of sp³-hybridized carbons (Fsp3) is 0.519. The van der Waals surface area contributed by atoms with E-state index in [4.69, 9.17) is 0 Å². The molecule has 0 aromatic heterocycles. The van der Waals surface area contributed by atoms with E-state index in [1.165, 1.54) is 38.0 Å². The third-order valence-electron chi connectivity index (χ3n) is 16.0. The van der Waals surface area contributed by atoms with Crippen LogP contribution in [0.5, 0.6) is 0 Å². The zero-order chi connectivity index (χ0) is 49.3. The number of rotatable bonds is 13. The number of anilines is 1. The van der Waals surface area contributed by atoms with Crippen molar-refractivity contribution in [3.63, 3.8) is 0 Å². The predicted octanol–water partition coefficient (Wildman–Crippen LogP) is 15.9. The zero-order valence-electron chi connectivity index (χ0n) is 44.7. The van der Waals surface area contributed by atoms with Gasteiger partial charge in [-0.1, -0.05) is 224 Å². The quantitative estimate of drug-likeness (QED) is 0.0760. The van der Waals surface area contributed by atoms with Crippen molar-refractivity contribution in [3.05, 3.63) is 130 Å². The lowest BCUT2D eigenvalue weighted by Gasteiger charge is -2.60. The van der Waals surface area contributed by atoms with Gasteiger partial charge in [0.15, 0.2) is 0 Å². The van der Waals surface area contributed by atoms with Crippen LogP contribution in [-0.4, -0.2) is 68.3 Å². The molecule has 354 valence electrons. The highest BCUT2D eigenvalue weighted by Gasteiger charge is 2.68. The van der Waals surface area contributed by atoms with E-state index in [0.29, 0.717) is 16.0 Å². The maximum Gasteiger partial charge on any atom is 0.239 e. The lowest BCUT2D eigenvalue weighted by atomic mass is 9.54. The summed E-state index contributed by atoms with van der Waals surface area (Å²) in [7, 11) is -10.6. The molecule has 2 bridgehead atoms. The van der Waals surface area contributed by atoms with E-state index >= 15 is 9.59 Å². The van der Waals surface area contributed by atoms with Crippen LogP contribution in [0.2, 0.25) is 137 Å². The average molecular weight is 1040 g/mol. The molecule has 1 heterocycles. The highest BCUT2D eigenvalue weighted by atomic mass is 31.7. The predicted molar refractivity (Wildman–Crippen MR) is 312 cm³/mol. The van der Waals surface area contributed by atoms with Crippen molar-refractivity contribution in [2.24, 2.45) is 11.8 Å². The van der Waals surface area contributed by atoms with Crippen molar-refractivity contribution in [1.29, 1.82) is 0 Å². The second-order valence-corrected chi connectivity index (χ2v) is 70.2. The number of imide groups is 1. The van der Waals surface area contributed by atoms with E-state index in [1.54, 1.807) is 26.9 Å². The first-order chi connectivity index (χ1) is 30.1. The Morgan fingerprint density at radius 1 is 0.515 bits per heavy atom. The molecule has 0 saturated carbocycles. The van der Waals surface area contributed by atoms with Crippen LogP contribution >= 0.6 is 15.7 Å². The van der Waals surface area contributed by atoms with Crippen molar-refractivity contribution in [1.82, 2.24) is 0 Å². The van der Waals surface area contributed by atoms with Crippen LogP contribution < -0.4 is 10.2 Å². The summed E-state index contributed by atoms with van der Waals surface area (Å²) < 4.78 is 0.236. The van der Waals surface area contributed by atoms with Gasteiger partial charge in [-0.25, -0.2) is 4.90 Å². The molecule has 0 spiro atoms. The minimum Gasteiger partial charge on any atom is -0.274 e. The average Bonchev–Trinajstić information content (AvgIpc) is 3.41. The van der Waals surface area contributed by atoms with Crippen molar-refractivity contribution in [2.45, 2.75) is 163 Å². The Morgan fingerprint density at radius 2 is 0.894 bits per heavy atom. The highest BCUT2D eigenvalue weighted by molar-refractivity contribution is 7.88. The van der Waals surface area contributed by atoms with Crippen molar-refractivity contribution < 1.29 is 9.59 Å². The molecular weight excluding hydrogens is 953 g/mol. The molecule has 12 heteroatoms. The molecule has 4 aromatic rings. The molecule has 0 N–H and O–H groups in total. The molecule has 3 nitrogen and oxygen atoms in total. The maximum absolute atomic E-state index is 15.6. The SMILES string of the molecule is C[Si](C)(C)C(c1cc(C([Si](C)(C)C)([Si](C)(C)C)[Si](C)(C)C)cc(C([Si](C)(C)C)[Si](C)(C)C)c1P=PC12c3ccccc3C(c3ccccc31)[C@@H]1C(=O)N(c3ccccc3)C(=O)[C@@H]12)[Si](C)(C)C. The minimum absolute atomic E-state index is 0.0296. The number of carbonyl (C=O) groups is 2. The molecular formula is C54H83NO2P2Si7. The lowest BCUT2D eigenvalue weighted by molar-refractivity contribution is -0.122. The van der Waals surface area contributed by atoms with E-state index in [9.17, 15) is 0 Å². The molecule has 1 saturated heterocycles. The molecule has 1 fully saturated rings. The van der Waals surface area contributed by atoms with Gasteiger partial charge in [-0.15, -0.1) is 0 Å². The third-order valence-corrected chi connectivity index (χ3v) is 59.4. The number of para-hydroxylation sites is 1. The van der Waals surface area contributed by atoms with Gasteiger partial charge in [-0.3, -0.25) is 9.59 Å². The third kappa shape index (κ3) is 8.12. The largest absolute Gasteiger partial charge is 0.274 e. The molecule has 66 heavy (non-hydrogen) atoms. The van der Waals surface area contributed by atoms with E-state index < -0.39 is 73.5 Å². The standard InChI is InChI=1S/C54H83NO2P2Si7/c1-60(2,3)51(61(4,5)6)41-35-37(54(64(13,14)15,65(16,17)18)66(19,20)21)36-42(52(62(7,8)9)63(10,11)12)48(41)58-59-53-43-33-27-25-31-39(43)45(40-32-26-28-34-44(40)53)46-47(53)50(57)55(49(46)56)38-29-23-22-24-30-38/h22-36,45-47,51-52H,1-21H3/t45?,46-,47+,53?/m0/s1. The van der Waals surface area contributed by atoms with E-state index in [2.05, 4.69) is 198 Å². The summed E-state index contributed by atoms with van der Waals surface area (Å²) in [6, 6.07) is 33.5. The van der Waals surface area contributed by atoms with E-state index in [-0.39, 0.29) is 22.0 Å². The van der Waals surface area contributed by atoms with Gasteiger partial charge in [0.05, 0.1) is 22.7 Å². The summed E-state index contributed by atoms with van der Waals surface area (Å²) in [4.78, 5) is 32.4. The van der Waals surface area contributed by atoms with Crippen LogP contribution in [0.25, 0.3) is 0 Å². The minimum atomic E-state index is -1.88. The van der Waals surface area contributed by atoms with Gasteiger partial charge in [0, 0.05) is 67.7 Å². The van der Waals surface area contributed by atoms with Crippen LogP contribution in [0.4, 0.5) is 5.69 Å². The van der Waals surface area contributed by atoms with Gasteiger partial charge in [0.1, 0.15) is 0 Å². The zero-order valence-corrected chi connectivity index (χ0v) is 53.5. The number of nitrogens with zero attached hydrogens (tertiary/aromatic N) is 1. The fourth-order valence-corrected chi connectivity index (χ4v) is 76.8. The van der Waals surface area contributed by atoms with Gasteiger partial charge in [0.2, 0.25) is 11.8 Å². The Labute approximate surface area is 411 Å². The molecule has 2 atom stereocenters. The summed E-state index contributed by atoms with van der Waals surface area (Å²) in [5, 5.41) is 1.98. The van der Waals surface area contributed by atoms with E-state index in [0.717, 1.165) is 0 Å². The number of hydrogen-bond acceptors (Lipinski definition) is 2. The highest BCUT2D eigenvalue weighted by Crippen LogP contribution is 2.69. The Bertz CT molecular complexity index is 2420. The molecule has 8 rings (SSSR count). The van der Waals surface area contributed by atoms with Crippen molar-refractivity contribution in [2.75, 3.05) is 4.90 Å². The first kappa shape index (κ1) is 52.0. The summed E-state index contributed by atoms with van der Waals surface area (Å²) in [6.07, 6.45) is 0. The number of carbonyl (C=O) groups excluding carboxylic acids is 2. The van der Waals surface area contributed by atoms with Gasteiger partial charge in [-0.05, 0) is 73.6 Å². The second-order valence-electron chi connectivity index (χ2n) is 27.8. The molecule has 4 aliphatic rings. The summed E-state index contributed by atoms with van der Waals surface area (Å²) >= 11 is 0. The van der Waals surface area contributed by atoms with Crippen LogP contribution in [0.15, 0.2) is 91.0 Å². The maximum atomic E-state index is 15.6. The Balaban J connectivity index is 1.70. The molecule has 4 aromatic carbocycles. The monoisotopic (exact) mass is 1040 g/mol. The van der Waals surface area contributed by atoms with Crippen LogP contribution in [0, 0.1) is 11.8 Å². The molecule has 3 aliphatic carbocycles. The summed E-state index contributed by atoms with van der Waals surface area (Å²) in [6.45, 7) is 56.5. The van der Waals surface area contributed by atoms with Gasteiger partial charge in [-0.2, -0.15) is 0 Å². The summed E-state index contributed by atoms with van der Waals surface area (Å²) in [5.41, 5.74) is 10.7. The van der Waals surface area contributed by atoms with E-state index in [1.807, 2.05) is 30.3 Å². The molecule has 0 radical (unpaired) electrons. The number of hydrogen-bond donors (Lipinski definition) is 0. The second kappa shape index (κ2) is 16.9. The Morgan fingerprint density at radius 3 is 1.27 bits per heavy atom. The normalized spacial score (nSPS) is 21.9. The molecule has 1 aliphatic heterocycles. The molecule has 0 unspecified atom stereocenters. The number of amides is 2. The fourth-order valence-electron chi connectivity index (χ4n) is 16.5. The Kier molecular flexibility index (Phi) is 13.3. The van der Waals surface area contributed by atoms with Crippen LogP contribution in [0.3, 0.4) is 0 Å². The summed E-state index contributed by atoms with van der Waals surface area (Å²) in [5.74, 6) is -1.17. The molecule has 2 amide bonds. The first-order valence-electron chi connectivity index (χ1n) is 24.8. The van der Waals surface area contributed by atoms with Gasteiger partial charge in [0.25, 0.3) is 0 Å². The van der Waals surface area contributed by atoms with Crippen molar-refractivity contribution in [3.8, 4) is 0 Å². The number of benzene rings is 4. The Hall–Kier alpha value is -1.86. The lowest BCUT2D eigenvalue weighted by Crippen LogP contribution is -2.74. The smallest absolute Gasteiger partial charge is 0.239 e. The van der Waals surface area contributed by atoms with Gasteiger partial charge < -0.3 is 0 Å². The van der Waals surface area contributed by atoms with Crippen LogP contribution in [0.1, 0.15) is 55.2 Å². The van der Waals surface area contributed by atoms with Gasteiger partial charge >= 0.3 is 0 Å². The van der Waals surface area contributed by atoms with Crippen LogP contribution in [-0.2, 0) is 19.0 Å². The first-order valence-corrected chi connectivity index (χ1v) is 52.1. The topological polar surface area (TPSA) is 37.4 Å². The van der Waals surface area contributed by atoms with Crippen molar-refractivity contribution >= 4 is 95.1 Å².